The van der Waals surface area contributed by atoms with Crippen LogP contribution in [0.15, 0.2) is 36.4 Å². The van der Waals surface area contributed by atoms with E-state index in [1.807, 2.05) is 13.2 Å². The van der Waals surface area contributed by atoms with Crippen LogP contribution in [0, 0.1) is 0 Å². The molecule has 2 fully saturated rings. The average Bonchev–Trinajstić information content (AvgIpc) is 3.19. The summed E-state index contributed by atoms with van der Waals surface area (Å²) in [6.07, 6.45) is 8.76. The molecule has 3 heterocycles. The van der Waals surface area contributed by atoms with E-state index in [2.05, 4.69) is 45.6 Å². The van der Waals surface area contributed by atoms with Gasteiger partial charge in [-0.2, -0.15) is 0 Å². The first kappa shape index (κ1) is 27.2. The Kier molecular flexibility index (Phi) is 8.03. The van der Waals surface area contributed by atoms with E-state index >= 15 is 0 Å². The summed E-state index contributed by atoms with van der Waals surface area (Å²) in [6, 6.07) is 12.3. The summed E-state index contributed by atoms with van der Waals surface area (Å²) >= 11 is 0. The molecule has 0 amide bonds. The highest BCUT2D eigenvalue weighted by Crippen LogP contribution is 2.49. The van der Waals surface area contributed by atoms with E-state index in [4.69, 9.17) is 9.47 Å². The number of hydrogen-bond acceptors (Lipinski definition) is 5. The second-order valence-electron chi connectivity index (χ2n) is 11.6. The summed E-state index contributed by atoms with van der Waals surface area (Å²) in [5, 5.41) is 11.0. The number of fused-ring (bicyclic) bond motifs is 5. The fourth-order valence-electron chi connectivity index (χ4n) is 7.27. The fourth-order valence-corrected chi connectivity index (χ4v) is 7.27. The molecule has 0 radical (unpaired) electrons. The minimum atomic E-state index is -0.880. The minimum absolute atomic E-state index is 0.342. The first-order valence-electron chi connectivity index (χ1n) is 15.2. The lowest BCUT2D eigenvalue weighted by Gasteiger charge is -2.34. The van der Waals surface area contributed by atoms with E-state index in [9.17, 15) is 9.90 Å². The quantitative estimate of drug-likeness (QED) is 0.354. The third-order valence-electron chi connectivity index (χ3n) is 9.45. The number of anilines is 1. The molecule has 40 heavy (non-hydrogen) atoms. The van der Waals surface area contributed by atoms with Gasteiger partial charge in [0.25, 0.3) is 0 Å². The summed E-state index contributed by atoms with van der Waals surface area (Å²) in [7, 11) is 1.82. The summed E-state index contributed by atoms with van der Waals surface area (Å²) in [4.78, 5) is 16.9. The van der Waals surface area contributed by atoms with E-state index in [0.29, 0.717) is 30.7 Å². The van der Waals surface area contributed by atoms with Crippen molar-refractivity contribution in [2.45, 2.75) is 70.4 Å². The Balaban J connectivity index is 1.40. The van der Waals surface area contributed by atoms with Crippen molar-refractivity contribution in [3.8, 4) is 17.0 Å². The molecule has 6 rings (SSSR count). The Morgan fingerprint density at radius 3 is 2.60 bits per heavy atom. The van der Waals surface area contributed by atoms with Crippen LogP contribution in [0.2, 0.25) is 0 Å². The first-order chi connectivity index (χ1) is 19.6. The number of methoxy groups -OCH3 is 1. The number of carboxylic acid groups (broad SMARTS) is 1. The van der Waals surface area contributed by atoms with Crippen molar-refractivity contribution in [3.63, 3.8) is 0 Å². The number of ether oxygens (including phenoxy) is 2. The molecule has 2 aromatic carbocycles. The number of piperidine rings is 1. The Morgan fingerprint density at radius 1 is 1.07 bits per heavy atom. The summed E-state index contributed by atoms with van der Waals surface area (Å²) in [5.41, 5.74) is 6.28. The zero-order valence-corrected chi connectivity index (χ0v) is 24.0. The maximum Gasteiger partial charge on any atom is 0.335 e. The number of para-hydroxylation sites is 1. The molecule has 0 unspecified atom stereocenters. The van der Waals surface area contributed by atoms with Gasteiger partial charge in [-0.05, 0) is 68.4 Å². The van der Waals surface area contributed by atoms with Gasteiger partial charge in [-0.1, -0.05) is 31.4 Å². The van der Waals surface area contributed by atoms with Crippen molar-refractivity contribution in [2.75, 3.05) is 51.3 Å². The zero-order chi connectivity index (χ0) is 27.6. The number of nitrogens with zero attached hydrogens (tertiary/aromatic N) is 3. The predicted octanol–water partition coefficient (Wildman–Crippen LogP) is 6.38. The van der Waals surface area contributed by atoms with Crippen LogP contribution in [0.1, 0.15) is 73.7 Å². The molecule has 3 aliphatic rings. The second kappa shape index (κ2) is 11.8. The zero-order valence-electron chi connectivity index (χ0n) is 24.0. The molecule has 1 saturated heterocycles. The average molecular weight is 546 g/mol. The van der Waals surface area contributed by atoms with Crippen molar-refractivity contribution < 1.29 is 19.4 Å². The van der Waals surface area contributed by atoms with Gasteiger partial charge in [-0.25, -0.2) is 4.79 Å². The molecule has 7 nitrogen and oxygen atoms in total. The minimum Gasteiger partial charge on any atom is -0.489 e. The molecule has 2 aliphatic heterocycles. The van der Waals surface area contributed by atoms with Gasteiger partial charge >= 0.3 is 5.97 Å². The number of aromatic carboxylic acids is 1. The number of likely N-dealkylation sites (tertiary alicyclic amines) is 1. The van der Waals surface area contributed by atoms with E-state index in [-0.39, 0.29) is 0 Å². The van der Waals surface area contributed by atoms with E-state index < -0.39 is 5.97 Å². The third-order valence-corrected chi connectivity index (χ3v) is 9.45. The lowest BCUT2D eigenvalue weighted by Crippen LogP contribution is -2.41. The second-order valence-corrected chi connectivity index (χ2v) is 11.6. The Labute approximate surface area is 237 Å². The first-order valence-corrected chi connectivity index (χ1v) is 15.2. The van der Waals surface area contributed by atoms with Crippen LogP contribution in [0.5, 0.6) is 5.75 Å². The van der Waals surface area contributed by atoms with Crippen LogP contribution in [0.3, 0.4) is 0 Å². The van der Waals surface area contributed by atoms with Crippen molar-refractivity contribution in [1.82, 2.24) is 9.47 Å². The Morgan fingerprint density at radius 2 is 1.88 bits per heavy atom. The van der Waals surface area contributed by atoms with Gasteiger partial charge in [-0.15, -0.1) is 0 Å². The van der Waals surface area contributed by atoms with Gasteiger partial charge in [0.1, 0.15) is 6.61 Å². The molecule has 7 heteroatoms. The van der Waals surface area contributed by atoms with E-state index in [1.54, 1.807) is 6.07 Å². The van der Waals surface area contributed by atoms with Crippen LogP contribution in [0.4, 0.5) is 5.69 Å². The third kappa shape index (κ3) is 5.10. The topological polar surface area (TPSA) is 67.2 Å². The molecule has 1 saturated carbocycles. The van der Waals surface area contributed by atoms with Crippen LogP contribution < -0.4 is 9.64 Å². The van der Waals surface area contributed by atoms with Gasteiger partial charge in [0, 0.05) is 56.3 Å². The Hall–Kier alpha value is -3.03. The summed E-state index contributed by atoms with van der Waals surface area (Å²) in [5.74, 6) is 0.573. The largest absolute Gasteiger partial charge is 0.489 e. The van der Waals surface area contributed by atoms with Gasteiger partial charge < -0.3 is 28.9 Å². The monoisotopic (exact) mass is 545 g/mol. The van der Waals surface area contributed by atoms with Crippen molar-refractivity contribution >= 4 is 22.6 Å². The number of rotatable bonds is 8. The van der Waals surface area contributed by atoms with Gasteiger partial charge in [-0.3, -0.25) is 0 Å². The summed E-state index contributed by atoms with van der Waals surface area (Å²) in [6.45, 7) is 8.56. The van der Waals surface area contributed by atoms with Crippen molar-refractivity contribution in [3.05, 3.63) is 47.5 Å². The van der Waals surface area contributed by atoms with Crippen LogP contribution >= 0.6 is 0 Å². The molecule has 214 valence electrons. The highest BCUT2D eigenvalue weighted by atomic mass is 16.5. The lowest BCUT2D eigenvalue weighted by molar-refractivity contribution is 0.0419. The lowest BCUT2D eigenvalue weighted by atomic mass is 9.81. The van der Waals surface area contributed by atoms with Crippen LogP contribution in [0.25, 0.3) is 22.2 Å². The highest BCUT2D eigenvalue weighted by molar-refractivity contribution is 5.99. The predicted molar refractivity (Wildman–Crippen MR) is 160 cm³/mol. The smallest absolute Gasteiger partial charge is 0.335 e. The van der Waals surface area contributed by atoms with Gasteiger partial charge in [0.05, 0.1) is 29.6 Å². The molecule has 0 spiro atoms. The van der Waals surface area contributed by atoms with E-state index in [0.717, 1.165) is 68.1 Å². The number of likely N-dealkylation sites (N-methyl/N-ethyl adjacent to an activating group) is 1. The molecule has 1 aromatic heterocycles. The number of hydrogen-bond donors (Lipinski definition) is 1. The number of benzene rings is 2. The van der Waals surface area contributed by atoms with Crippen molar-refractivity contribution in [1.29, 1.82) is 0 Å². The SMILES string of the molecule is CCN(CCN1CCC(OC)CC1)c1cccc2c1OCCn1c-2c(C2CCCCC2)c2ccc(C(=O)O)cc21. The number of carbonyl (C=O) groups is 1. The molecular weight excluding hydrogens is 502 g/mol. The maximum absolute atomic E-state index is 11.9. The standard InChI is InChI=1S/C33H43N3O4/c1-3-35(19-18-34-16-14-25(39-2)15-17-34)28-11-7-10-27-31-30(23-8-5-4-6-9-23)26-13-12-24(33(37)38)22-29(26)36(31)20-21-40-32(27)28/h7,10-13,22-23,25H,3-6,8-9,14-21H2,1-2H3,(H,37,38). The Bertz CT molecular complexity index is 1350. The number of carboxylic acids is 1. The fraction of sp³-hybridized carbons (Fsp3) is 0.545. The van der Waals surface area contributed by atoms with Gasteiger partial charge in [0.2, 0.25) is 0 Å². The van der Waals surface area contributed by atoms with Crippen LogP contribution in [-0.2, 0) is 11.3 Å². The molecule has 3 aromatic rings. The molecule has 0 atom stereocenters. The number of aromatic nitrogens is 1. The van der Waals surface area contributed by atoms with Crippen molar-refractivity contribution in [2.24, 2.45) is 0 Å². The molecule has 0 bridgehead atoms. The maximum atomic E-state index is 11.9. The van der Waals surface area contributed by atoms with Crippen LogP contribution in [-0.4, -0.2) is 73.1 Å². The molecule has 1 aliphatic carbocycles. The summed E-state index contributed by atoms with van der Waals surface area (Å²) < 4.78 is 14.5. The molecular formula is C33H43N3O4. The highest BCUT2D eigenvalue weighted by Gasteiger charge is 2.31. The van der Waals surface area contributed by atoms with Gasteiger partial charge in [0.15, 0.2) is 5.75 Å². The van der Waals surface area contributed by atoms with E-state index in [1.165, 1.54) is 48.7 Å². The normalized spacial score (nSPS) is 18.6. The molecule has 1 N–H and O–H groups in total.